The van der Waals surface area contributed by atoms with Crippen LogP contribution < -0.4 is 0 Å². The minimum Gasteiger partial charge on any atom is -0.193 e. The molecule has 12 heavy (non-hydrogen) atoms. The fourth-order valence-electron chi connectivity index (χ4n) is 0.789. The highest BCUT2D eigenvalue weighted by atomic mass is 35.5. The van der Waals surface area contributed by atoms with E-state index in [4.69, 9.17) is 28.5 Å². The number of allylic oxidation sites excluding steroid dienone is 1. The van der Waals surface area contributed by atoms with Gasteiger partial charge in [-0.15, -0.1) is 0 Å². The first-order valence-corrected chi connectivity index (χ1v) is 4.01. The maximum absolute atomic E-state index is 8.33. The highest BCUT2D eigenvalue weighted by molar-refractivity contribution is 6.50. The van der Waals surface area contributed by atoms with Gasteiger partial charge < -0.3 is 0 Å². The molecule has 1 rings (SSSR count). The molecule has 1 aromatic rings. The van der Waals surface area contributed by atoms with Crippen LogP contribution in [-0.4, -0.2) is 0 Å². The highest BCUT2D eigenvalue weighted by Gasteiger charge is 2.01. The van der Waals surface area contributed by atoms with Gasteiger partial charge in [0.2, 0.25) is 0 Å². The molecule has 0 N–H and O–H groups in total. The smallest absolute Gasteiger partial charge is 0.0927 e. The molecule has 0 saturated heterocycles. The summed E-state index contributed by atoms with van der Waals surface area (Å²) < 4.78 is 0. The molecule has 0 heterocycles. The van der Waals surface area contributed by atoms with Crippen LogP contribution >= 0.6 is 23.2 Å². The van der Waals surface area contributed by atoms with Gasteiger partial charge >= 0.3 is 0 Å². The number of rotatable bonds is 1. The van der Waals surface area contributed by atoms with E-state index in [0.29, 0.717) is 15.6 Å². The van der Waals surface area contributed by atoms with Crippen molar-refractivity contribution in [2.45, 2.75) is 0 Å². The molecule has 60 valence electrons. The third kappa shape index (κ3) is 2.01. The summed E-state index contributed by atoms with van der Waals surface area (Å²) in [7, 11) is 0. The molecule has 3 heteroatoms. The van der Waals surface area contributed by atoms with Crippen molar-refractivity contribution < 1.29 is 0 Å². The summed E-state index contributed by atoms with van der Waals surface area (Å²) in [6.07, 6.45) is 1.25. The number of benzene rings is 1. The van der Waals surface area contributed by atoms with E-state index in [1.54, 1.807) is 12.1 Å². The molecule has 0 atom stereocenters. The lowest BCUT2D eigenvalue weighted by atomic mass is 10.2. The Balaban J connectivity index is 3.13. The average molecular weight is 198 g/mol. The molecule has 0 aliphatic rings. The van der Waals surface area contributed by atoms with Crippen molar-refractivity contribution in [3.05, 3.63) is 40.9 Å². The Morgan fingerprint density at radius 3 is 2.67 bits per heavy atom. The van der Waals surface area contributed by atoms with Gasteiger partial charge in [0.15, 0.2) is 0 Å². The third-order valence-electron chi connectivity index (χ3n) is 1.32. The van der Waals surface area contributed by atoms with Gasteiger partial charge in [-0.05, 0) is 6.07 Å². The van der Waals surface area contributed by atoms with Gasteiger partial charge in [0.25, 0.3) is 0 Å². The Bertz CT molecular complexity index is 350. The van der Waals surface area contributed by atoms with Crippen LogP contribution in [0.5, 0.6) is 0 Å². The summed E-state index contributed by atoms with van der Waals surface area (Å²) in [4.78, 5) is 0. The largest absolute Gasteiger partial charge is 0.193 e. The molecule has 0 amide bonds. The average Bonchev–Trinajstić information content (AvgIpc) is 2.05. The van der Waals surface area contributed by atoms with Gasteiger partial charge in [0, 0.05) is 16.7 Å². The molecule has 0 aromatic heterocycles. The molecule has 0 saturated carbocycles. The number of hydrogen-bond acceptors (Lipinski definition) is 1. The van der Waals surface area contributed by atoms with E-state index < -0.39 is 0 Å². The van der Waals surface area contributed by atoms with Gasteiger partial charge in [0.1, 0.15) is 0 Å². The lowest BCUT2D eigenvalue weighted by molar-refractivity contribution is 1.53. The molecule has 0 spiro atoms. The quantitative estimate of drug-likeness (QED) is 0.634. The number of nitriles is 1. The highest BCUT2D eigenvalue weighted by Crippen LogP contribution is 2.25. The summed E-state index contributed by atoms with van der Waals surface area (Å²) in [6.45, 7) is 0. The SMILES string of the molecule is N#C/C=C(/Cl)c1ccccc1Cl. The van der Waals surface area contributed by atoms with E-state index in [1.165, 1.54) is 6.08 Å². The molecule has 0 radical (unpaired) electrons. The van der Waals surface area contributed by atoms with Gasteiger partial charge in [-0.25, -0.2) is 0 Å². The van der Waals surface area contributed by atoms with Crippen LogP contribution in [0.3, 0.4) is 0 Å². The second-order valence-corrected chi connectivity index (χ2v) is 2.92. The summed E-state index contributed by atoms with van der Waals surface area (Å²) in [5.74, 6) is 0. The fourth-order valence-corrected chi connectivity index (χ4v) is 1.29. The second-order valence-electron chi connectivity index (χ2n) is 2.10. The predicted molar refractivity (Wildman–Crippen MR) is 50.9 cm³/mol. The first-order chi connectivity index (χ1) is 5.75. The first-order valence-electron chi connectivity index (χ1n) is 3.26. The lowest BCUT2D eigenvalue weighted by Gasteiger charge is -1.99. The summed E-state index contributed by atoms with van der Waals surface area (Å²) in [5.41, 5.74) is 0.683. The Labute approximate surface area is 80.8 Å². The molecule has 0 fully saturated rings. The Kier molecular flexibility index (Phi) is 3.16. The topological polar surface area (TPSA) is 23.8 Å². The zero-order valence-electron chi connectivity index (χ0n) is 6.09. The molecule has 1 aromatic carbocycles. The minimum atomic E-state index is 0.364. The van der Waals surface area contributed by atoms with Crippen molar-refractivity contribution in [2.24, 2.45) is 0 Å². The van der Waals surface area contributed by atoms with Gasteiger partial charge in [0.05, 0.1) is 11.1 Å². The van der Waals surface area contributed by atoms with Gasteiger partial charge in [-0.1, -0.05) is 41.4 Å². The summed E-state index contributed by atoms with van der Waals surface area (Å²) >= 11 is 11.6. The van der Waals surface area contributed by atoms with E-state index in [9.17, 15) is 0 Å². The van der Waals surface area contributed by atoms with Gasteiger partial charge in [-0.3, -0.25) is 0 Å². The van der Waals surface area contributed by atoms with E-state index in [-0.39, 0.29) is 0 Å². The minimum absolute atomic E-state index is 0.364. The standard InChI is InChI=1S/C9H5Cl2N/c10-8-4-2-1-3-7(8)9(11)5-6-12/h1-5H/b9-5+. The molecule has 0 unspecified atom stereocenters. The summed E-state index contributed by atoms with van der Waals surface area (Å²) in [5, 5.41) is 9.25. The zero-order valence-corrected chi connectivity index (χ0v) is 7.60. The monoisotopic (exact) mass is 197 g/mol. The van der Waals surface area contributed by atoms with Crippen molar-refractivity contribution in [3.8, 4) is 6.07 Å². The van der Waals surface area contributed by atoms with E-state index in [2.05, 4.69) is 0 Å². The number of nitrogens with zero attached hydrogens (tertiary/aromatic N) is 1. The Hall–Kier alpha value is -0.970. The van der Waals surface area contributed by atoms with Crippen molar-refractivity contribution in [1.29, 1.82) is 5.26 Å². The molecule has 0 aliphatic carbocycles. The van der Waals surface area contributed by atoms with Crippen LogP contribution in [0.25, 0.3) is 5.03 Å². The third-order valence-corrected chi connectivity index (χ3v) is 1.96. The first kappa shape index (κ1) is 9.12. The fraction of sp³-hybridized carbons (Fsp3) is 0. The number of halogens is 2. The van der Waals surface area contributed by atoms with Crippen LogP contribution in [0.1, 0.15) is 5.56 Å². The maximum atomic E-state index is 8.33. The van der Waals surface area contributed by atoms with Crippen molar-refractivity contribution >= 4 is 28.2 Å². The Morgan fingerprint density at radius 2 is 2.08 bits per heavy atom. The van der Waals surface area contributed by atoms with Crippen LogP contribution in [0.2, 0.25) is 5.02 Å². The normalized spacial score (nSPS) is 10.9. The Morgan fingerprint density at radius 1 is 1.42 bits per heavy atom. The number of hydrogen-bond donors (Lipinski definition) is 0. The van der Waals surface area contributed by atoms with Crippen LogP contribution in [0.4, 0.5) is 0 Å². The van der Waals surface area contributed by atoms with E-state index in [1.807, 2.05) is 18.2 Å². The van der Waals surface area contributed by atoms with Crippen LogP contribution in [-0.2, 0) is 0 Å². The van der Waals surface area contributed by atoms with Crippen LogP contribution in [0.15, 0.2) is 30.3 Å². The van der Waals surface area contributed by atoms with Gasteiger partial charge in [-0.2, -0.15) is 5.26 Å². The predicted octanol–water partition coefficient (Wildman–Crippen LogP) is 3.44. The summed E-state index contributed by atoms with van der Waals surface area (Å²) in [6, 6.07) is 8.95. The molecule has 0 aliphatic heterocycles. The van der Waals surface area contributed by atoms with Crippen molar-refractivity contribution in [2.75, 3.05) is 0 Å². The van der Waals surface area contributed by atoms with Crippen LogP contribution in [0, 0.1) is 11.3 Å². The molecular weight excluding hydrogens is 193 g/mol. The molecule has 1 nitrogen and oxygen atoms in total. The maximum Gasteiger partial charge on any atom is 0.0927 e. The second kappa shape index (κ2) is 4.15. The van der Waals surface area contributed by atoms with Crippen molar-refractivity contribution in [3.63, 3.8) is 0 Å². The zero-order chi connectivity index (χ0) is 8.97. The lowest BCUT2D eigenvalue weighted by Crippen LogP contribution is -1.77. The van der Waals surface area contributed by atoms with E-state index in [0.717, 1.165) is 0 Å². The van der Waals surface area contributed by atoms with Crippen molar-refractivity contribution in [1.82, 2.24) is 0 Å². The molecular formula is C9H5Cl2N. The van der Waals surface area contributed by atoms with E-state index >= 15 is 0 Å². The molecule has 0 bridgehead atoms.